The molecule has 0 spiro atoms. The lowest BCUT2D eigenvalue weighted by atomic mass is 9.98. The minimum absolute atomic E-state index is 0.143. The second-order valence-corrected chi connectivity index (χ2v) is 9.85. The van der Waals surface area contributed by atoms with Crippen molar-refractivity contribution in [2.75, 3.05) is 23.7 Å². The maximum atomic E-state index is 14.3. The summed E-state index contributed by atoms with van der Waals surface area (Å²) in [5, 5.41) is 8.80. The summed E-state index contributed by atoms with van der Waals surface area (Å²) in [6.45, 7) is 1.10. The molecule has 0 amide bonds. The van der Waals surface area contributed by atoms with Gasteiger partial charge in [0.15, 0.2) is 5.78 Å². The molecule has 6 rings (SSSR count). The number of carbonyl (C=O) groups is 1. The number of hydrogen-bond donors (Lipinski definition) is 2. The van der Waals surface area contributed by atoms with Crippen molar-refractivity contribution in [3.05, 3.63) is 156 Å². The van der Waals surface area contributed by atoms with Gasteiger partial charge >= 0.3 is 0 Å². The number of fused-ring (bicyclic) bond motifs is 2. The van der Waals surface area contributed by atoms with Gasteiger partial charge in [0.1, 0.15) is 0 Å². The van der Waals surface area contributed by atoms with E-state index in [2.05, 4.69) is 69.2 Å². The molecule has 0 saturated carbocycles. The zero-order chi connectivity index (χ0) is 28.6. The fourth-order valence-electron chi connectivity index (χ4n) is 4.99. The molecule has 42 heavy (non-hydrogen) atoms. The minimum atomic E-state index is -0.143. The van der Waals surface area contributed by atoms with E-state index in [1.165, 1.54) is 0 Å². The third kappa shape index (κ3) is 5.96. The van der Waals surface area contributed by atoms with Crippen LogP contribution < -0.4 is 10.6 Å². The molecule has 204 valence electrons. The Kier molecular flexibility index (Phi) is 8.09. The molecule has 0 aliphatic heterocycles. The Bertz CT molecular complexity index is 1760. The van der Waals surface area contributed by atoms with Gasteiger partial charge in [0.05, 0.1) is 33.5 Å². The van der Waals surface area contributed by atoms with Crippen molar-refractivity contribution >= 4 is 51.1 Å². The average Bonchev–Trinajstić information content (AvgIpc) is 3.05. The Balaban J connectivity index is 1.34. The fraction of sp³-hybridized carbons (Fsp3) is 0.0541. The molecule has 0 aliphatic carbocycles. The smallest absolute Gasteiger partial charge is 0.200 e. The standard InChI is InChI=1S/C37H30N4O/c42-37(31-25-40-33-21-9-7-19-29(33)35(31)38-23-11-17-27-13-3-1-4-14-27)32-26-41-34-22-10-8-20-30(34)36(32)39-24-12-18-28-15-5-2-6-16-28/h1-22,25-26H,23-24H2,(H,38,40)(H,39,41). The van der Waals surface area contributed by atoms with Crippen molar-refractivity contribution < 1.29 is 4.79 Å². The van der Waals surface area contributed by atoms with Gasteiger partial charge in [0.2, 0.25) is 0 Å². The third-order valence-corrected chi connectivity index (χ3v) is 7.05. The topological polar surface area (TPSA) is 66.9 Å². The molecule has 4 aromatic carbocycles. The number of anilines is 2. The maximum absolute atomic E-state index is 14.3. The van der Waals surface area contributed by atoms with E-state index in [-0.39, 0.29) is 5.78 Å². The summed E-state index contributed by atoms with van der Waals surface area (Å²) in [4.78, 5) is 23.6. The van der Waals surface area contributed by atoms with E-state index in [1.807, 2.05) is 84.9 Å². The van der Waals surface area contributed by atoms with Crippen LogP contribution in [-0.4, -0.2) is 28.8 Å². The highest BCUT2D eigenvalue weighted by Gasteiger charge is 2.21. The first-order valence-electron chi connectivity index (χ1n) is 14.0. The monoisotopic (exact) mass is 546 g/mol. The van der Waals surface area contributed by atoms with Crippen molar-refractivity contribution in [1.82, 2.24) is 9.97 Å². The van der Waals surface area contributed by atoms with E-state index >= 15 is 0 Å². The summed E-state index contributed by atoms with van der Waals surface area (Å²) in [7, 11) is 0. The number of ketones is 1. The van der Waals surface area contributed by atoms with Crippen LogP contribution in [0.4, 0.5) is 11.4 Å². The van der Waals surface area contributed by atoms with E-state index < -0.39 is 0 Å². The van der Waals surface area contributed by atoms with Crippen molar-refractivity contribution in [1.29, 1.82) is 0 Å². The van der Waals surface area contributed by atoms with Gasteiger partial charge in [-0.2, -0.15) is 0 Å². The second kappa shape index (κ2) is 12.7. The lowest BCUT2D eigenvalue weighted by molar-refractivity contribution is 0.104. The number of pyridine rings is 2. The Morgan fingerprint density at radius 1 is 0.548 bits per heavy atom. The first-order valence-corrected chi connectivity index (χ1v) is 14.0. The molecule has 0 radical (unpaired) electrons. The first-order chi connectivity index (χ1) is 20.8. The Morgan fingerprint density at radius 3 is 1.40 bits per heavy atom. The largest absolute Gasteiger partial charge is 0.380 e. The van der Waals surface area contributed by atoms with Gasteiger partial charge in [-0.25, -0.2) is 0 Å². The van der Waals surface area contributed by atoms with Gasteiger partial charge in [0, 0.05) is 36.3 Å². The van der Waals surface area contributed by atoms with Crippen molar-refractivity contribution in [3.63, 3.8) is 0 Å². The lowest BCUT2D eigenvalue weighted by Gasteiger charge is -2.16. The molecule has 5 nitrogen and oxygen atoms in total. The Hall–Kier alpha value is -5.55. The highest BCUT2D eigenvalue weighted by atomic mass is 16.1. The van der Waals surface area contributed by atoms with E-state index in [0.29, 0.717) is 24.2 Å². The average molecular weight is 547 g/mol. The van der Waals surface area contributed by atoms with Crippen LogP contribution in [0.3, 0.4) is 0 Å². The van der Waals surface area contributed by atoms with Crippen LogP contribution in [0, 0.1) is 0 Å². The van der Waals surface area contributed by atoms with Gasteiger partial charge in [0.25, 0.3) is 0 Å². The molecule has 5 heteroatoms. The Morgan fingerprint density at radius 2 is 0.952 bits per heavy atom. The number of para-hydroxylation sites is 2. The van der Waals surface area contributed by atoms with Gasteiger partial charge in [-0.1, -0.05) is 121 Å². The molecule has 0 unspecified atom stereocenters. The number of aromatic nitrogens is 2. The molecule has 2 aromatic heterocycles. The van der Waals surface area contributed by atoms with Crippen LogP contribution in [0.2, 0.25) is 0 Å². The van der Waals surface area contributed by atoms with Crippen LogP contribution in [0.5, 0.6) is 0 Å². The maximum Gasteiger partial charge on any atom is 0.200 e. The van der Waals surface area contributed by atoms with Crippen LogP contribution in [0.25, 0.3) is 34.0 Å². The molecule has 2 heterocycles. The summed E-state index contributed by atoms with van der Waals surface area (Å²) < 4.78 is 0. The highest BCUT2D eigenvalue weighted by molar-refractivity contribution is 6.20. The van der Waals surface area contributed by atoms with Crippen LogP contribution >= 0.6 is 0 Å². The Labute approximate surface area is 245 Å². The summed E-state index contributed by atoms with van der Waals surface area (Å²) in [6, 6.07) is 36.0. The summed E-state index contributed by atoms with van der Waals surface area (Å²) in [6.07, 6.45) is 11.6. The summed E-state index contributed by atoms with van der Waals surface area (Å²) in [5.41, 5.74) is 6.40. The number of nitrogens with one attached hydrogen (secondary N) is 2. The molecule has 0 atom stereocenters. The van der Waals surface area contributed by atoms with E-state index in [0.717, 1.165) is 44.3 Å². The molecule has 0 saturated heterocycles. The normalized spacial score (nSPS) is 11.4. The van der Waals surface area contributed by atoms with Crippen LogP contribution in [0.15, 0.2) is 134 Å². The SMILES string of the molecule is O=C(c1cnc2ccccc2c1NCC=Cc1ccccc1)c1cnc2ccccc2c1NCC=Cc1ccccc1. The van der Waals surface area contributed by atoms with Crippen molar-refractivity contribution in [2.45, 2.75) is 0 Å². The van der Waals surface area contributed by atoms with E-state index in [9.17, 15) is 4.79 Å². The number of rotatable bonds is 10. The number of hydrogen-bond acceptors (Lipinski definition) is 5. The first kappa shape index (κ1) is 26.7. The second-order valence-electron chi connectivity index (χ2n) is 9.85. The van der Waals surface area contributed by atoms with Crippen molar-refractivity contribution in [3.8, 4) is 0 Å². The molecule has 6 aromatic rings. The van der Waals surface area contributed by atoms with Crippen molar-refractivity contribution in [2.24, 2.45) is 0 Å². The molecule has 0 fully saturated rings. The quantitative estimate of drug-likeness (QED) is 0.169. The van der Waals surface area contributed by atoms with Crippen LogP contribution in [-0.2, 0) is 0 Å². The van der Waals surface area contributed by atoms with Gasteiger partial charge in [-0.05, 0) is 23.3 Å². The zero-order valence-electron chi connectivity index (χ0n) is 23.1. The minimum Gasteiger partial charge on any atom is -0.380 e. The van der Waals surface area contributed by atoms with Gasteiger partial charge in [-0.15, -0.1) is 0 Å². The lowest BCUT2D eigenvalue weighted by Crippen LogP contribution is -2.13. The molecular weight excluding hydrogens is 516 g/mol. The summed E-state index contributed by atoms with van der Waals surface area (Å²) >= 11 is 0. The number of benzene rings is 4. The highest BCUT2D eigenvalue weighted by Crippen LogP contribution is 2.32. The van der Waals surface area contributed by atoms with E-state index in [4.69, 9.17) is 0 Å². The summed E-state index contributed by atoms with van der Waals surface area (Å²) in [5.74, 6) is -0.143. The third-order valence-electron chi connectivity index (χ3n) is 7.05. The molecule has 0 bridgehead atoms. The number of carbonyl (C=O) groups excluding carboxylic acids is 1. The number of nitrogens with zero attached hydrogens (tertiary/aromatic N) is 2. The zero-order valence-corrected chi connectivity index (χ0v) is 23.1. The van der Waals surface area contributed by atoms with Gasteiger partial charge < -0.3 is 10.6 Å². The molecular formula is C37H30N4O. The van der Waals surface area contributed by atoms with E-state index in [1.54, 1.807) is 12.4 Å². The van der Waals surface area contributed by atoms with Gasteiger partial charge in [-0.3, -0.25) is 14.8 Å². The fourth-order valence-corrected chi connectivity index (χ4v) is 4.99. The molecule has 2 N–H and O–H groups in total. The predicted molar refractivity (Wildman–Crippen MR) is 175 cm³/mol. The molecule has 0 aliphatic rings. The van der Waals surface area contributed by atoms with Crippen LogP contribution in [0.1, 0.15) is 27.0 Å². The predicted octanol–water partition coefficient (Wildman–Crippen LogP) is 8.26.